The molecule has 0 heterocycles. The molecule has 108 valence electrons. The molecule has 1 rings (SSSR count). The van der Waals surface area contributed by atoms with Gasteiger partial charge >= 0.3 is 12.0 Å². The minimum atomic E-state index is -1.18. The lowest BCUT2D eigenvalue weighted by atomic mass is 10.3. The number of anilines is 1. The average molecular weight is 283 g/mol. The molecule has 3 N–H and O–H groups in total. The third-order valence-electron chi connectivity index (χ3n) is 2.34. The number of aliphatic carboxylic acids is 1. The van der Waals surface area contributed by atoms with Crippen molar-refractivity contribution in [2.45, 2.75) is 0 Å². The molecule has 0 spiro atoms. The summed E-state index contributed by atoms with van der Waals surface area (Å²) in [5.74, 6) is -2.30. The maximum Gasteiger partial charge on any atom is 0.322 e. The van der Waals surface area contributed by atoms with Crippen LogP contribution in [0.3, 0.4) is 0 Å². The van der Waals surface area contributed by atoms with Gasteiger partial charge in [-0.25, -0.2) is 9.18 Å². The lowest BCUT2D eigenvalue weighted by Gasteiger charge is -2.17. The molecular weight excluding hydrogens is 269 g/mol. The number of carbonyl (C=O) groups excluding carboxylic acids is 2. The van der Waals surface area contributed by atoms with Crippen LogP contribution in [0.5, 0.6) is 0 Å². The molecule has 0 bridgehead atoms. The van der Waals surface area contributed by atoms with Crippen LogP contribution in [0.25, 0.3) is 0 Å². The maximum atomic E-state index is 13.0. The molecule has 1 aromatic carbocycles. The van der Waals surface area contributed by atoms with Crippen molar-refractivity contribution in [2.75, 3.05) is 25.0 Å². The van der Waals surface area contributed by atoms with Crippen LogP contribution in [0.4, 0.5) is 14.9 Å². The molecule has 0 atom stereocenters. The van der Waals surface area contributed by atoms with Gasteiger partial charge in [0, 0.05) is 12.7 Å². The summed E-state index contributed by atoms with van der Waals surface area (Å²) in [5, 5.41) is 12.7. The molecule has 0 radical (unpaired) electrons. The first-order valence-electron chi connectivity index (χ1n) is 5.65. The Balaban J connectivity index is 2.46. The minimum Gasteiger partial charge on any atom is -0.480 e. The molecule has 1 aromatic rings. The predicted octanol–water partition coefficient (Wildman–Crippen LogP) is 0.172. The molecule has 0 fully saturated rings. The van der Waals surface area contributed by atoms with Crippen LogP contribution in [-0.4, -0.2) is 43.2 Å². The second-order valence-corrected chi connectivity index (χ2v) is 3.87. The molecule has 3 amide bonds. The van der Waals surface area contributed by atoms with E-state index >= 15 is 0 Å². The van der Waals surface area contributed by atoms with Gasteiger partial charge in [-0.15, -0.1) is 0 Å². The number of hydrogen-bond acceptors (Lipinski definition) is 3. The van der Waals surface area contributed by atoms with Crippen LogP contribution in [0.1, 0.15) is 0 Å². The zero-order valence-corrected chi connectivity index (χ0v) is 10.7. The van der Waals surface area contributed by atoms with Crippen molar-refractivity contribution in [3.05, 3.63) is 30.1 Å². The molecule has 0 aliphatic heterocycles. The zero-order chi connectivity index (χ0) is 15.1. The van der Waals surface area contributed by atoms with Gasteiger partial charge in [-0.05, 0) is 18.2 Å². The van der Waals surface area contributed by atoms with Crippen molar-refractivity contribution in [2.24, 2.45) is 0 Å². The summed E-state index contributed by atoms with van der Waals surface area (Å²) in [7, 11) is 1.42. The summed E-state index contributed by atoms with van der Waals surface area (Å²) in [4.78, 5) is 34.2. The number of amides is 3. The van der Waals surface area contributed by atoms with E-state index in [1.165, 1.54) is 31.3 Å². The van der Waals surface area contributed by atoms with Crippen LogP contribution < -0.4 is 15.5 Å². The second-order valence-electron chi connectivity index (χ2n) is 3.87. The number of nitrogens with zero attached hydrogens (tertiary/aromatic N) is 1. The van der Waals surface area contributed by atoms with Crippen molar-refractivity contribution < 1.29 is 23.9 Å². The molecule has 8 heteroatoms. The van der Waals surface area contributed by atoms with Crippen molar-refractivity contribution in [1.82, 2.24) is 10.6 Å². The van der Waals surface area contributed by atoms with Crippen molar-refractivity contribution in [3.8, 4) is 0 Å². The fraction of sp³-hybridized carbons (Fsp3) is 0.250. The topological polar surface area (TPSA) is 98.7 Å². The lowest BCUT2D eigenvalue weighted by molar-refractivity contribution is -0.137. The Morgan fingerprint density at radius 3 is 2.55 bits per heavy atom. The Kier molecular flexibility index (Phi) is 5.45. The highest BCUT2D eigenvalue weighted by molar-refractivity contribution is 5.94. The summed E-state index contributed by atoms with van der Waals surface area (Å²) in [6.07, 6.45) is 0. The minimum absolute atomic E-state index is 0.327. The van der Waals surface area contributed by atoms with E-state index < -0.39 is 30.3 Å². The Morgan fingerprint density at radius 1 is 1.25 bits per heavy atom. The average Bonchev–Trinajstić information content (AvgIpc) is 2.41. The van der Waals surface area contributed by atoms with E-state index in [-0.39, 0.29) is 6.54 Å². The van der Waals surface area contributed by atoms with Gasteiger partial charge in [0.25, 0.3) is 0 Å². The van der Waals surface area contributed by atoms with Gasteiger partial charge in [0.2, 0.25) is 5.91 Å². The number of carbonyl (C=O) groups is 3. The third-order valence-corrected chi connectivity index (χ3v) is 2.34. The SMILES string of the molecule is CN(C(=O)NCC(=O)NCC(=O)O)c1cccc(F)c1. The zero-order valence-electron chi connectivity index (χ0n) is 10.7. The quantitative estimate of drug-likeness (QED) is 0.717. The monoisotopic (exact) mass is 283 g/mol. The summed E-state index contributed by atoms with van der Waals surface area (Å²) in [6.45, 7) is -0.889. The van der Waals surface area contributed by atoms with Gasteiger partial charge in [0.1, 0.15) is 12.4 Å². The molecule has 0 saturated heterocycles. The summed E-state index contributed by atoms with van der Waals surface area (Å²) in [5.41, 5.74) is 0.327. The highest BCUT2D eigenvalue weighted by Crippen LogP contribution is 2.13. The van der Waals surface area contributed by atoms with Gasteiger partial charge in [-0.2, -0.15) is 0 Å². The van der Waals surface area contributed by atoms with Crippen LogP contribution in [0.15, 0.2) is 24.3 Å². The molecular formula is C12H14FN3O4. The van der Waals surface area contributed by atoms with E-state index in [0.29, 0.717) is 5.69 Å². The largest absolute Gasteiger partial charge is 0.480 e. The number of carboxylic acids is 1. The highest BCUT2D eigenvalue weighted by Gasteiger charge is 2.12. The van der Waals surface area contributed by atoms with E-state index in [1.807, 2.05) is 0 Å². The van der Waals surface area contributed by atoms with Gasteiger partial charge in [0.05, 0.1) is 6.54 Å². The smallest absolute Gasteiger partial charge is 0.322 e. The standard InChI is InChI=1S/C12H14FN3O4/c1-16(9-4-2-3-8(13)5-9)12(20)15-6-10(17)14-7-11(18)19/h2-5H,6-7H2,1H3,(H,14,17)(H,15,20)(H,18,19). The van der Waals surface area contributed by atoms with Crippen LogP contribution in [0.2, 0.25) is 0 Å². The summed E-state index contributed by atoms with van der Waals surface area (Å²) < 4.78 is 13.0. The molecule has 0 aliphatic carbocycles. The van der Waals surface area contributed by atoms with Gasteiger partial charge < -0.3 is 15.7 Å². The first-order chi connectivity index (χ1) is 9.40. The van der Waals surface area contributed by atoms with Gasteiger partial charge in [-0.3, -0.25) is 14.5 Å². The number of urea groups is 1. The number of nitrogens with one attached hydrogen (secondary N) is 2. The Hall–Kier alpha value is -2.64. The Labute approximate surface area is 114 Å². The van der Waals surface area contributed by atoms with E-state index in [1.54, 1.807) is 0 Å². The van der Waals surface area contributed by atoms with E-state index in [0.717, 1.165) is 4.90 Å². The normalized spacial score (nSPS) is 9.70. The number of benzene rings is 1. The molecule has 0 saturated carbocycles. The maximum absolute atomic E-state index is 13.0. The molecule has 0 aromatic heterocycles. The lowest BCUT2D eigenvalue weighted by Crippen LogP contribution is -2.43. The second kappa shape index (κ2) is 7.07. The van der Waals surface area contributed by atoms with E-state index in [9.17, 15) is 18.8 Å². The predicted molar refractivity (Wildman–Crippen MR) is 68.8 cm³/mol. The van der Waals surface area contributed by atoms with E-state index in [2.05, 4.69) is 10.6 Å². The van der Waals surface area contributed by atoms with Crippen LogP contribution >= 0.6 is 0 Å². The molecule has 0 aliphatic rings. The Bertz CT molecular complexity index is 521. The number of hydrogen-bond donors (Lipinski definition) is 3. The number of halogens is 1. The van der Waals surface area contributed by atoms with Crippen molar-refractivity contribution in [3.63, 3.8) is 0 Å². The van der Waals surface area contributed by atoms with Crippen LogP contribution in [0, 0.1) is 5.82 Å². The first-order valence-corrected chi connectivity index (χ1v) is 5.65. The summed E-state index contributed by atoms with van der Waals surface area (Å²) >= 11 is 0. The Morgan fingerprint density at radius 2 is 1.95 bits per heavy atom. The van der Waals surface area contributed by atoms with Crippen molar-refractivity contribution in [1.29, 1.82) is 0 Å². The number of rotatable bonds is 5. The molecule has 0 unspecified atom stereocenters. The molecule has 7 nitrogen and oxygen atoms in total. The molecule has 20 heavy (non-hydrogen) atoms. The van der Waals surface area contributed by atoms with E-state index in [4.69, 9.17) is 5.11 Å². The fourth-order valence-corrected chi connectivity index (χ4v) is 1.31. The van der Waals surface area contributed by atoms with Crippen molar-refractivity contribution >= 4 is 23.6 Å². The third kappa shape index (κ3) is 4.92. The summed E-state index contributed by atoms with van der Waals surface area (Å²) in [6, 6.07) is 4.79. The number of carboxylic acid groups (broad SMARTS) is 1. The van der Waals surface area contributed by atoms with Gasteiger partial charge in [0.15, 0.2) is 0 Å². The fourth-order valence-electron chi connectivity index (χ4n) is 1.31. The van der Waals surface area contributed by atoms with Crippen LogP contribution in [-0.2, 0) is 9.59 Å². The first kappa shape index (κ1) is 15.4. The van der Waals surface area contributed by atoms with Gasteiger partial charge in [-0.1, -0.05) is 6.07 Å². The highest BCUT2D eigenvalue weighted by atomic mass is 19.1.